The van der Waals surface area contributed by atoms with Crippen LogP contribution in [0.15, 0.2) is 12.2 Å². The smallest absolute Gasteiger partial charge is 0.00223 e. The fourth-order valence-corrected chi connectivity index (χ4v) is 2.61. The van der Waals surface area contributed by atoms with Gasteiger partial charge in [-0.1, -0.05) is 32.4 Å². The molecule has 0 spiro atoms. The Bertz CT molecular complexity index is 188. The number of allylic oxidation sites excluding steroid dienone is 1. The highest BCUT2D eigenvalue weighted by molar-refractivity contribution is 5.37. The predicted molar refractivity (Wildman–Crippen MR) is 48.4 cm³/mol. The lowest BCUT2D eigenvalue weighted by molar-refractivity contribution is 0.428. The number of rotatable bonds is 3. The van der Waals surface area contributed by atoms with Gasteiger partial charge in [-0.15, -0.1) is 0 Å². The van der Waals surface area contributed by atoms with Gasteiger partial charge < -0.3 is 0 Å². The van der Waals surface area contributed by atoms with Crippen LogP contribution in [0, 0.1) is 17.3 Å². The van der Waals surface area contributed by atoms with Crippen molar-refractivity contribution in [1.82, 2.24) is 0 Å². The van der Waals surface area contributed by atoms with E-state index in [1.54, 1.807) is 5.57 Å². The summed E-state index contributed by atoms with van der Waals surface area (Å²) < 4.78 is 0. The molecule has 0 nitrogen and oxygen atoms in total. The molecule has 2 aliphatic rings. The SMILES string of the molecule is C=C1C(CCC)C1(C)C1CC1. The average molecular weight is 150 g/mol. The maximum atomic E-state index is 4.18. The van der Waals surface area contributed by atoms with Gasteiger partial charge in [-0.25, -0.2) is 0 Å². The molecule has 0 aliphatic heterocycles. The van der Waals surface area contributed by atoms with E-state index in [1.165, 1.54) is 25.7 Å². The quantitative estimate of drug-likeness (QED) is 0.541. The molecule has 2 unspecified atom stereocenters. The molecule has 0 aromatic rings. The Morgan fingerprint density at radius 1 is 1.55 bits per heavy atom. The fraction of sp³-hybridized carbons (Fsp3) is 0.818. The van der Waals surface area contributed by atoms with Crippen molar-refractivity contribution in [2.24, 2.45) is 17.3 Å². The van der Waals surface area contributed by atoms with Crippen LogP contribution in [0.4, 0.5) is 0 Å². The zero-order valence-corrected chi connectivity index (χ0v) is 7.69. The van der Waals surface area contributed by atoms with Crippen molar-refractivity contribution >= 4 is 0 Å². The maximum Gasteiger partial charge on any atom is -0.00223 e. The van der Waals surface area contributed by atoms with Gasteiger partial charge in [-0.2, -0.15) is 0 Å². The van der Waals surface area contributed by atoms with Gasteiger partial charge in [0.15, 0.2) is 0 Å². The van der Waals surface area contributed by atoms with Crippen molar-refractivity contribution in [2.75, 3.05) is 0 Å². The fourth-order valence-electron chi connectivity index (χ4n) is 2.61. The Morgan fingerprint density at radius 2 is 2.18 bits per heavy atom. The average Bonchev–Trinajstić information content (AvgIpc) is 2.85. The molecule has 0 aromatic heterocycles. The Hall–Kier alpha value is -0.260. The molecule has 11 heavy (non-hydrogen) atoms. The molecule has 0 saturated heterocycles. The summed E-state index contributed by atoms with van der Waals surface area (Å²) in [5.41, 5.74) is 2.15. The van der Waals surface area contributed by atoms with Gasteiger partial charge in [0.05, 0.1) is 0 Å². The Kier molecular flexibility index (Phi) is 1.42. The first-order chi connectivity index (χ1) is 5.21. The van der Waals surface area contributed by atoms with Crippen LogP contribution in [0.2, 0.25) is 0 Å². The predicted octanol–water partition coefficient (Wildman–Crippen LogP) is 3.39. The summed E-state index contributed by atoms with van der Waals surface area (Å²) in [5, 5.41) is 0. The highest BCUT2D eigenvalue weighted by Gasteiger charge is 2.61. The van der Waals surface area contributed by atoms with Crippen molar-refractivity contribution in [3.63, 3.8) is 0 Å². The van der Waals surface area contributed by atoms with Crippen LogP contribution in [0.1, 0.15) is 39.5 Å². The number of hydrogen-bond acceptors (Lipinski definition) is 0. The molecule has 0 heteroatoms. The second-order valence-corrected chi connectivity index (χ2v) is 4.42. The minimum absolute atomic E-state index is 0.593. The topological polar surface area (TPSA) is 0 Å². The van der Waals surface area contributed by atoms with E-state index in [2.05, 4.69) is 20.4 Å². The third-order valence-electron chi connectivity index (χ3n) is 3.76. The molecule has 0 heterocycles. The van der Waals surface area contributed by atoms with Gasteiger partial charge in [0.25, 0.3) is 0 Å². The first kappa shape index (κ1) is 7.39. The minimum atomic E-state index is 0.593. The Balaban J connectivity index is 2.00. The van der Waals surface area contributed by atoms with E-state index in [0.29, 0.717) is 5.41 Å². The summed E-state index contributed by atoms with van der Waals surface area (Å²) in [6.45, 7) is 8.88. The van der Waals surface area contributed by atoms with E-state index in [4.69, 9.17) is 0 Å². The van der Waals surface area contributed by atoms with Gasteiger partial charge >= 0.3 is 0 Å². The molecule has 2 aliphatic carbocycles. The first-order valence-corrected chi connectivity index (χ1v) is 4.90. The second kappa shape index (κ2) is 2.12. The van der Waals surface area contributed by atoms with Crippen LogP contribution in [0.25, 0.3) is 0 Å². The zero-order chi connectivity index (χ0) is 8.06. The summed E-state index contributed by atoms with van der Waals surface area (Å²) in [4.78, 5) is 0. The van der Waals surface area contributed by atoms with E-state index in [0.717, 1.165) is 11.8 Å². The van der Waals surface area contributed by atoms with Crippen LogP contribution in [-0.2, 0) is 0 Å². The van der Waals surface area contributed by atoms with E-state index in [9.17, 15) is 0 Å². The van der Waals surface area contributed by atoms with Crippen LogP contribution < -0.4 is 0 Å². The summed E-state index contributed by atoms with van der Waals surface area (Å²) in [6.07, 6.45) is 5.64. The van der Waals surface area contributed by atoms with Crippen molar-refractivity contribution < 1.29 is 0 Å². The molecule has 2 atom stereocenters. The molecule has 2 saturated carbocycles. The Labute approximate surface area is 69.7 Å². The van der Waals surface area contributed by atoms with Crippen molar-refractivity contribution in [2.45, 2.75) is 39.5 Å². The van der Waals surface area contributed by atoms with Crippen LogP contribution in [0.3, 0.4) is 0 Å². The lowest BCUT2D eigenvalue weighted by Gasteiger charge is -2.06. The Morgan fingerprint density at radius 3 is 2.64 bits per heavy atom. The van der Waals surface area contributed by atoms with Crippen LogP contribution >= 0.6 is 0 Å². The molecule has 0 radical (unpaired) electrons. The van der Waals surface area contributed by atoms with Crippen molar-refractivity contribution in [3.05, 3.63) is 12.2 Å². The van der Waals surface area contributed by atoms with E-state index in [-0.39, 0.29) is 0 Å². The third kappa shape index (κ3) is 0.881. The minimum Gasteiger partial charge on any atom is -0.0990 e. The third-order valence-corrected chi connectivity index (χ3v) is 3.76. The molecule has 0 N–H and O–H groups in total. The zero-order valence-electron chi connectivity index (χ0n) is 7.69. The maximum absolute atomic E-state index is 4.18. The highest BCUT2D eigenvalue weighted by atomic mass is 14.6. The molecular formula is C11H18. The first-order valence-electron chi connectivity index (χ1n) is 4.90. The van der Waals surface area contributed by atoms with E-state index < -0.39 is 0 Å². The van der Waals surface area contributed by atoms with Gasteiger partial charge in [0.1, 0.15) is 0 Å². The van der Waals surface area contributed by atoms with E-state index >= 15 is 0 Å². The van der Waals surface area contributed by atoms with Gasteiger partial charge in [-0.05, 0) is 36.5 Å². The summed E-state index contributed by atoms with van der Waals surface area (Å²) in [7, 11) is 0. The summed E-state index contributed by atoms with van der Waals surface area (Å²) in [6, 6.07) is 0. The van der Waals surface area contributed by atoms with Gasteiger partial charge in [0.2, 0.25) is 0 Å². The largest absolute Gasteiger partial charge is 0.0990 e. The monoisotopic (exact) mass is 150 g/mol. The molecule has 0 bridgehead atoms. The molecular weight excluding hydrogens is 132 g/mol. The molecule has 2 fully saturated rings. The van der Waals surface area contributed by atoms with Crippen LogP contribution in [0.5, 0.6) is 0 Å². The number of hydrogen-bond donors (Lipinski definition) is 0. The van der Waals surface area contributed by atoms with E-state index in [1.807, 2.05) is 0 Å². The summed E-state index contributed by atoms with van der Waals surface area (Å²) >= 11 is 0. The lowest BCUT2D eigenvalue weighted by atomic mass is 9.98. The molecule has 62 valence electrons. The lowest BCUT2D eigenvalue weighted by Crippen LogP contribution is -2.00. The normalized spacial score (nSPS) is 42.7. The summed E-state index contributed by atoms with van der Waals surface area (Å²) in [5.74, 6) is 1.91. The van der Waals surface area contributed by atoms with Gasteiger partial charge in [-0.3, -0.25) is 0 Å². The van der Waals surface area contributed by atoms with Crippen molar-refractivity contribution in [1.29, 1.82) is 0 Å². The van der Waals surface area contributed by atoms with Crippen LogP contribution in [-0.4, -0.2) is 0 Å². The highest BCUT2D eigenvalue weighted by Crippen LogP contribution is 2.69. The second-order valence-electron chi connectivity index (χ2n) is 4.42. The molecule has 2 rings (SSSR count). The van der Waals surface area contributed by atoms with Crippen molar-refractivity contribution in [3.8, 4) is 0 Å². The van der Waals surface area contributed by atoms with Gasteiger partial charge in [0, 0.05) is 0 Å². The molecule has 0 aromatic carbocycles. The standard InChI is InChI=1S/C11H18/c1-4-5-10-8(2)11(10,3)9-6-7-9/h9-10H,2,4-7H2,1,3H3. The molecule has 0 amide bonds.